The Balaban J connectivity index is 1.63. The van der Waals surface area contributed by atoms with E-state index in [9.17, 15) is 4.79 Å². The fraction of sp³-hybridized carbons (Fsp3) is 0.381. The van der Waals surface area contributed by atoms with E-state index in [1.807, 2.05) is 62.4 Å². The molecule has 5 heteroatoms. The molecule has 2 unspecified atom stereocenters. The summed E-state index contributed by atoms with van der Waals surface area (Å²) in [5.41, 5.74) is 2.10. The molecule has 0 N–H and O–H groups in total. The first-order valence-electron chi connectivity index (χ1n) is 9.02. The second-order valence-corrected chi connectivity index (χ2v) is 6.20. The Labute approximate surface area is 154 Å². The largest absolute Gasteiger partial charge is 0.490 e. The number of carbonyl (C=O) groups excluding carboxylic acids is 1. The molecule has 0 amide bonds. The van der Waals surface area contributed by atoms with Crippen molar-refractivity contribution in [3.8, 4) is 11.5 Å². The van der Waals surface area contributed by atoms with Crippen LogP contribution in [-0.4, -0.2) is 38.4 Å². The van der Waals surface area contributed by atoms with Crippen LogP contribution in [0.3, 0.4) is 0 Å². The first-order chi connectivity index (χ1) is 12.7. The van der Waals surface area contributed by atoms with E-state index in [1.165, 1.54) is 0 Å². The van der Waals surface area contributed by atoms with Crippen molar-refractivity contribution >= 4 is 12.0 Å². The molecule has 0 aliphatic carbocycles. The Morgan fingerprint density at radius 3 is 2.69 bits per heavy atom. The van der Waals surface area contributed by atoms with E-state index in [-0.39, 0.29) is 6.23 Å². The number of ether oxygens (including phenoxy) is 3. The van der Waals surface area contributed by atoms with Crippen LogP contribution in [0.15, 0.2) is 48.5 Å². The zero-order chi connectivity index (χ0) is 18.4. The maximum absolute atomic E-state index is 11.0. The molecule has 0 radical (unpaired) electrons. The Morgan fingerprint density at radius 1 is 1.19 bits per heavy atom. The summed E-state index contributed by atoms with van der Waals surface area (Å²) in [5.74, 6) is 1.68. The number of hydrogen-bond acceptors (Lipinski definition) is 5. The van der Waals surface area contributed by atoms with Crippen LogP contribution < -0.4 is 14.4 Å². The Bertz CT molecular complexity index is 716. The van der Waals surface area contributed by atoms with Gasteiger partial charge in [-0.25, -0.2) is 0 Å². The van der Waals surface area contributed by atoms with E-state index in [0.29, 0.717) is 19.6 Å². The molecule has 1 aliphatic rings. The second kappa shape index (κ2) is 8.72. The molecule has 26 heavy (non-hydrogen) atoms. The monoisotopic (exact) mass is 355 g/mol. The summed E-state index contributed by atoms with van der Waals surface area (Å²) in [6.45, 7) is 5.88. The normalized spacial score (nSPS) is 15.5. The van der Waals surface area contributed by atoms with Gasteiger partial charge in [-0.05, 0) is 43.7 Å². The lowest BCUT2D eigenvalue weighted by molar-refractivity contribution is -0.117. The standard InChI is InChI=1S/C21H25NO4/c1-3-24-19(15-23)14-17-8-10-18(11-9-17)26-16(2)22-12-13-25-21-7-5-4-6-20(21)22/h4-11,15-16,19H,3,12-14H2,1-2H3. The molecule has 0 saturated heterocycles. The van der Waals surface area contributed by atoms with Crippen LogP contribution in [0.25, 0.3) is 0 Å². The number of fused-ring (bicyclic) bond motifs is 1. The first-order valence-corrected chi connectivity index (χ1v) is 9.02. The lowest BCUT2D eigenvalue weighted by Crippen LogP contribution is -2.42. The van der Waals surface area contributed by atoms with Gasteiger partial charge >= 0.3 is 0 Å². The number of carbonyl (C=O) groups is 1. The van der Waals surface area contributed by atoms with Gasteiger partial charge in [-0.15, -0.1) is 0 Å². The number of nitrogens with zero attached hydrogens (tertiary/aromatic N) is 1. The number of aldehydes is 1. The first kappa shape index (κ1) is 18.3. The quantitative estimate of drug-likeness (QED) is 0.679. The zero-order valence-electron chi connectivity index (χ0n) is 15.3. The number of hydrogen-bond donors (Lipinski definition) is 0. The van der Waals surface area contributed by atoms with Crippen molar-refractivity contribution in [2.75, 3.05) is 24.7 Å². The molecule has 3 rings (SSSR count). The lowest BCUT2D eigenvalue weighted by Gasteiger charge is -2.35. The third-order valence-corrected chi connectivity index (χ3v) is 4.40. The highest BCUT2D eigenvalue weighted by molar-refractivity contribution is 5.60. The number of anilines is 1. The Morgan fingerprint density at radius 2 is 1.96 bits per heavy atom. The molecule has 0 saturated carbocycles. The van der Waals surface area contributed by atoms with Gasteiger partial charge in [0.25, 0.3) is 0 Å². The highest BCUT2D eigenvalue weighted by atomic mass is 16.5. The van der Waals surface area contributed by atoms with Crippen LogP contribution in [0.1, 0.15) is 19.4 Å². The van der Waals surface area contributed by atoms with Gasteiger partial charge in [-0.3, -0.25) is 0 Å². The molecule has 2 aromatic carbocycles. The predicted molar refractivity (Wildman–Crippen MR) is 101 cm³/mol. The van der Waals surface area contributed by atoms with E-state index in [0.717, 1.165) is 35.6 Å². The zero-order valence-corrected chi connectivity index (χ0v) is 15.3. The van der Waals surface area contributed by atoms with E-state index in [2.05, 4.69) is 4.90 Å². The fourth-order valence-electron chi connectivity index (χ4n) is 3.13. The highest BCUT2D eigenvalue weighted by Gasteiger charge is 2.23. The van der Waals surface area contributed by atoms with Crippen LogP contribution in [0.2, 0.25) is 0 Å². The summed E-state index contributed by atoms with van der Waals surface area (Å²) in [5, 5.41) is 0. The van der Waals surface area contributed by atoms with Crippen LogP contribution >= 0.6 is 0 Å². The van der Waals surface area contributed by atoms with Crippen LogP contribution in [0.5, 0.6) is 11.5 Å². The van der Waals surface area contributed by atoms with Gasteiger partial charge in [0, 0.05) is 13.0 Å². The molecule has 0 fully saturated rings. The Hall–Kier alpha value is -2.53. The SMILES string of the molecule is CCOC(C=O)Cc1ccc(OC(C)N2CCOc3ccccc32)cc1. The third-order valence-electron chi connectivity index (χ3n) is 4.40. The smallest absolute Gasteiger partial charge is 0.169 e. The lowest BCUT2D eigenvalue weighted by atomic mass is 10.1. The molecule has 0 aromatic heterocycles. The molecule has 2 aromatic rings. The molecule has 0 bridgehead atoms. The molecular weight excluding hydrogens is 330 g/mol. The van der Waals surface area contributed by atoms with Crippen LogP contribution in [0, 0.1) is 0 Å². The van der Waals surface area contributed by atoms with E-state index in [4.69, 9.17) is 14.2 Å². The predicted octanol–water partition coefficient (Wildman–Crippen LogP) is 3.46. The minimum atomic E-state index is -0.393. The summed E-state index contributed by atoms with van der Waals surface area (Å²) in [6, 6.07) is 15.8. The van der Waals surface area contributed by atoms with Gasteiger partial charge in [0.15, 0.2) is 6.23 Å². The minimum absolute atomic E-state index is 0.114. The summed E-state index contributed by atoms with van der Waals surface area (Å²) in [6.07, 6.45) is 0.920. The van der Waals surface area contributed by atoms with Crippen LogP contribution in [-0.2, 0) is 16.0 Å². The Kier molecular flexibility index (Phi) is 6.12. The van der Waals surface area contributed by atoms with Crippen molar-refractivity contribution in [3.05, 3.63) is 54.1 Å². The van der Waals surface area contributed by atoms with Crippen molar-refractivity contribution in [1.29, 1.82) is 0 Å². The summed E-state index contributed by atoms with van der Waals surface area (Å²) in [4.78, 5) is 13.2. The van der Waals surface area contributed by atoms with Crippen LogP contribution in [0.4, 0.5) is 5.69 Å². The summed E-state index contributed by atoms with van der Waals surface area (Å²) < 4.78 is 17.2. The van der Waals surface area contributed by atoms with E-state index in [1.54, 1.807) is 0 Å². The highest BCUT2D eigenvalue weighted by Crippen LogP contribution is 2.32. The van der Waals surface area contributed by atoms with Gasteiger partial charge in [-0.1, -0.05) is 24.3 Å². The fourth-order valence-corrected chi connectivity index (χ4v) is 3.13. The minimum Gasteiger partial charge on any atom is -0.490 e. The van der Waals surface area contributed by atoms with E-state index < -0.39 is 6.10 Å². The molecule has 2 atom stereocenters. The van der Waals surface area contributed by atoms with Gasteiger partial charge in [0.2, 0.25) is 0 Å². The number of benzene rings is 2. The van der Waals surface area contributed by atoms with Gasteiger partial charge in [0.05, 0.1) is 12.2 Å². The molecule has 138 valence electrons. The van der Waals surface area contributed by atoms with Crippen molar-refractivity contribution in [3.63, 3.8) is 0 Å². The average molecular weight is 355 g/mol. The topological polar surface area (TPSA) is 48.0 Å². The summed E-state index contributed by atoms with van der Waals surface area (Å²) in [7, 11) is 0. The molecular formula is C21H25NO4. The maximum Gasteiger partial charge on any atom is 0.169 e. The van der Waals surface area contributed by atoms with Crippen molar-refractivity contribution < 1.29 is 19.0 Å². The number of para-hydroxylation sites is 2. The average Bonchev–Trinajstić information content (AvgIpc) is 2.68. The van der Waals surface area contributed by atoms with Crippen molar-refractivity contribution in [2.45, 2.75) is 32.6 Å². The number of rotatable bonds is 8. The molecule has 1 aliphatic heterocycles. The van der Waals surface area contributed by atoms with Crippen molar-refractivity contribution in [2.24, 2.45) is 0 Å². The molecule has 1 heterocycles. The van der Waals surface area contributed by atoms with Crippen molar-refractivity contribution in [1.82, 2.24) is 0 Å². The summed E-state index contributed by atoms with van der Waals surface area (Å²) >= 11 is 0. The van der Waals surface area contributed by atoms with Gasteiger partial charge in [0.1, 0.15) is 30.5 Å². The van der Waals surface area contributed by atoms with E-state index >= 15 is 0 Å². The second-order valence-electron chi connectivity index (χ2n) is 6.20. The van der Waals surface area contributed by atoms with Gasteiger partial charge < -0.3 is 23.9 Å². The third kappa shape index (κ3) is 4.35. The van der Waals surface area contributed by atoms with Gasteiger partial charge in [-0.2, -0.15) is 0 Å². The maximum atomic E-state index is 11.0. The molecule has 5 nitrogen and oxygen atoms in total. The molecule has 0 spiro atoms.